The molecule has 1 heterocycles. The molecule has 1 rings (SSSR count). The van der Waals surface area contributed by atoms with Gasteiger partial charge in [0.05, 0.1) is 12.7 Å². The predicted octanol–water partition coefficient (Wildman–Crippen LogP) is 15.7. The number of hydrogen-bond acceptors (Lipinski definition) is 7. The van der Waals surface area contributed by atoms with Crippen LogP contribution < -0.4 is 0 Å². The maximum absolute atomic E-state index is 12.1. The van der Waals surface area contributed by atoms with Gasteiger partial charge in [0.15, 0.2) is 5.79 Å². The van der Waals surface area contributed by atoms with Gasteiger partial charge >= 0.3 is 5.97 Å². The van der Waals surface area contributed by atoms with Gasteiger partial charge in [0, 0.05) is 32.2 Å². The van der Waals surface area contributed by atoms with Crippen LogP contribution in [0.2, 0.25) is 0 Å². The first-order valence-corrected chi connectivity index (χ1v) is 26.5. The summed E-state index contributed by atoms with van der Waals surface area (Å²) in [6, 6.07) is 0. The van der Waals surface area contributed by atoms with Crippen LogP contribution in [0.25, 0.3) is 0 Å². The van der Waals surface area contributed by atoms with Crippen molar-refractivity contribution < 1.29 is 28.7 Å². The van der Waals surface area contributed by atoms with E-state index in [9.17, 15) is 14.4 Å². The Labute approximate surface area is 389 Å². The zero-order valence-corrected chi connectivity index (χ0v) is 42.1. The molecule has 63 heavy (non-hydrogen) atoms. The maximum atomic E-state index is 12.1. The van der Waals surface area contributed by atoms with Crippen molar-refractivity contribution >= 4 is 18.3 Å². The van der Waals surface area contributed by atoms with Crippen LogP contribution in [-0.2, 0) is 28.7 Å². The molecule has 366 valence electrons. The summed E-state index contributed by atoms with van der Waals surface area (Å²) in [6.07, 6.45) is 55.5. The van der Waals surface area contributed by atoms with Gasteiger partial charge in [-0.05, 0) is 116 Å². The summed E-state index contributed by atoms with van der Waals surface area (Å²) in [4.78, 5) is 42.4. The third kappa shape index (κ3) is 37.4. The Bertz CT molecular complexity index is 1120. The largest absolute Gasteiger partial charge is 0.347 e. The molecule has 8 heteroatoms. The number of carbonyl (C=O) groups excluding carboxylic acids is 3. The van der Waals surface area contributed by atoms with Crippen molar-refractivity contribution in [2.24, 2.45) is 0 Å². The van der Waals surface area contributed by atoms with Crippen molar-refractivity contribution in [1.29, 1.82) is 0 Å². The Morgan fingerprint density at radius 2 is 1.03 bits per heavy atom. The minimum Gasteiger partial charge on any atom is -0.347 e. The van der Waals surface area contributed by atoms with E-state index < -0.39 is 17.7 Å². The molecule has 1 fully saturated rings. The molecular weight excluding hydrogens is 785 g/mol. The second kappa shape index (κ2) is 46.0. The molecule has 0 N–H and O–H groups in total. The molecule has 1 unspecified atom stereocenters. The molecular formula is C55H100N2O6. The Balaban J connectivity index is 0.0000189. The fourth-order valence-electron chi connectivity index (χ4n) is 7.83. The molecule has 1 saturated heterocycles. The van der Waals surface area contributed by atoms with Gasteiger partial charge in [0.1, 0.15) is 0 Å². The first kappa shape index (κ1) is 60.5. The number of carbonyl (C=O) groups is 3. The second-order valence-electron chi connectivity index (χ2n) is 17.6. The van der Waals surface area contributed by atoms with Crippen LogP contribution in [0.15, 0.2) is 48.6 Å². The third-order valence-electron chi connectivity index (χ3n) is 11.7. The maximum Gasteiger partial charge on any atom is 0.333 e. The molecule has 0 aromatic carbocycles. The summed E-state index contributed by atoms with van der Waals surface area (Å²) >= 11 is 0. The van der Waals surface area contributed by atoms with E-state index in [1.807, 2.05) is 20.8 Å². The smallest absolute Gasteiger partial charge is 0.333 e. The molecule has 8 nitrogen and oxygen atoms in total. The zero-order chi connectivity index (χ0) is 46.3. The number of rotatable bonds is 42. The van der Waals surface area contributed by atoms with Gasteiger partial charge in [-0.25, -0.2) is 4.79 Å². The van der Waals surface area contributed by atoms with E-state index in [2.05, 4.69) is 74.4 Å². The number of imide groups is 1. The molecule has 2 amide bonds. The van der Waals surface area contributed by atoms with Crippen LogP contribution in [0.3, 0.4) is 0 Å². The van der Waals surface area contributed by atoms with E-state index in [1.165, 1.54) is 128 Å². The number of allylic oxidation sites excluding steroid dienone is 8. The predicted molar refractivity (Wildman–Crippen MR) is 267 cm³/mol. The monoisotopic (exact) mass is 885 g/mol. The van der Waals surface area contributed by atoms with Crippen molar-refractivity contribution in [3.63, 3.8) is 0 Å². The lowest BCUT2D eigenvalue weighted by atomic mass is 9.98. The molecule has 1 aliphatic heterocycles. The van der Waals surface area contributed by atoms with Crippen molar-refractivity contribution in [3.8, 4) is 0 Å². The highest BCUT2D eigenvalue weighted by atomic mass is 16.7. The van der Waals surface area contributed by atoms with Gasteiger partial charge < -0.3 is 19.2 Å². The van der Waals surface area contributed by atoms with Crippen molar-refractivity contribution in [1.82, 2.24) is 9.96 Å². The number of hydrogen-bond donors (Lipinski definition) is 0. The normalized spacial score (nSPS) is 15.0. The molecule has 0 aromatic rings. The lowest BCUT2D eigenvalue weighted by Gasteiger charge is -2.29. The minimum absolute atomic E-state index is 0.127. The van der Waals surface area contributed by atoms with Crippen molar-refractivity contribution in [2.45, 2.75) is 258 Å². The molecule has 1 atom stereocenters. The van der Waals surface area contributed by atoms with Crippen molar-refractivity contribution in [3.05, 3.63) is 48.6 Å². The second-order valence-corrected chi connectivity index (χ2v) is 17.6. The molecule has 0 radical (unpaired) electrons. The van der Waals surface area contributed by atoms with Gasteiger partial charge in [0.25, 0.3) is 12.3 Å². The van der Waals surface area contributed by atoms with Gasteiger partial charge in [-0.2, -0.15) is 0 Å². The molecule has 0 bridgehead atoms. The van der Waals surface area contributed by atoms with Gasteiger partial charge in [-0.1, -0.05) is 167 Å². The fraction of sp³-hybridized carbons (Fsp3) is 0.800. The first-order valence-electron chi connectivity index (χ1n) is 26.5. The number of nitrogens with zero attached hydrogens (tertiary/aromatic N) is 2. The molecule has 0 aliphatic carbocycles. The first-order chi connectivity index (χ1) is 30.9. The average Bonchev–Trinajstić information content (AvgIpc) is 3.70. The van der Waals surface area contributed by atoms with Crippen LogP contribution in [0.4, 0.5) is 0 Å². The Kier molecular flexibility index (Phi) is 44.1. The molecule has 0 saturated carbocycles. The summed E-state index contributed by atoms with van der Waals surface area (Å²) in [5.41, 5.74) is 0. The van der Waals surface area contributed by atoms with Gasteiger partial charge in [-0.15, -0.1) is 5.06 Å². The number of ether oxygens (including phenoxy) is 2. The highest BCUT2D eigenvalue weighted by Crippen LogP contribution is 2.35. The highest BCUT2D eigenvalue weighted by Gasteiger charge is 2.40. The SMILES string of the molecule is CC.CCCCC/C=C\C/C=C\CCCCCCCCC1(CCCCCCCC/C=C\C/C=C\CCCCC)OCC(CCN(C)CCCCCC(=O)ON(C=O)C(=O)CCC)O1. The summed E-state index contributed by atoms with van der Waals surface area (Å²) in [6.45, 7) is 12.9. The molecule has 1 aliphatic rings. The van der Waals surface area contributed by atoms with Crippen LogP contribution in [-0.4, -0.2) is 66.9 Å². The standard InChI is InChI=1S/C53H94N2O6.C2H6/c1-5-8-10-12-14-16-18-20-22-24-26-28-30-32-34-38-44-53(45-39-35-33-31-29-27-25-23-21-19-17-15-13-11-9-6-2)59-48-50(60-53)43-47-54(4)46-40-36-37-42-52(58)61-55(49-56)51(57)41-7-3;1-2/h14-17,20-23,49-50H,5-13,18-19,24-48H2,1-4H3;1-2H3/b16-14-,17-15-,22-20-,23-21-;. The summed E-state index contributed by atoms with van der Waals surface area (Å²) in [5.74, 6) is -1.46. The van der Waals surface area contributed by atoms with E-state index in [4.69, 9.17) is 14.3 Å². The summed E-state index contributed by atoms with van der Waals surface area (Å²) in [5, 5.41) is 0.526. The molecule has 0 aromatic heterocycles. The lowest BCUT2D eigenvalue weighted by molar-refractivity contribution is -0.196. The number of unbranched alkanes of at least 4 members (excludes halogenated alkanes) is 20. The van der Waals surface area contributed by atoms with Crippen LogP contribution in [0.5, 0.6) is 0 Å². The van der Waals surface area contributed by atoms with Crippen LogP contribution >= 0.6 is 0 Å². The Hall–Kier alpha value is -2.55. The van der Waals surface area contributed by atoms with Crippen molar-refractivity contribution in [2.75, 3.05) is 26.7 Å². The highest BCUT2D eigenvalue weighted by molar-refractivity contribution is 5.86. The Morgan fingerprint density at radius 3 is 1.51 bits per heavy atom. The lowest BCUT2D eigenvalue weighted by Crippen LogP contribution is -2.32. The van der Waals surface area contributed by atoms with Crippen LogP contribution in [0, 0.1) is 0 Å². The number of hydroxylamine groups is 2. The van der Waals surface area contributed by atoms with E-state index in [1.54, 1.807) is 0 Å². The van der Waals surface area contributed by atoms with E-state index in [0.29, 0.717) is 24.5 Å². The summed E-state index contributed by atoms with van der Waals surface area (Å²) in [7, 11) is 2.15. The van der Waals surface area contributed by atoms with E-state index in [-0.39, 0.29) is 25.4 Å². The average molecular weight is 885 g/mol. The third-order valence-corrected chi connectivity index (χ3v) is 11.7. The van der Waals surface area contributed by atoms with Gasteiger partial charge in [-0.3, -0.25) is 9.59 Å². The summed E-state index contributed by atoms with van der Waals surface area (Å²) < 4.78 is 13.4. The zero-order valence-electron chi connectivity index (χ0n) is 42.1. The van der Waals surface area contributed by atoms with E-state index in [0.717, 1.165) is 70.9 Å². The number of amides is 2. The van der Waals surface area contributed by atoms with Gasteiger partial charge in [0.2, 0.25) is 0 Å². The fourth-order valence-corrected chi connectivity index (χ4v) is 7.83. The van der Waals surface area contributed by atoms with Crippen LogP contribution in [0.1, 0.15) is 247 Å². The Morgan fingerprint density at radius 1 is 0.571 bits per heavy atom. The van der Waals surface area contributed by atoms with E-state index >= 15 is 0 Å². The quantitative estimate of drug-likeness (QED) is 0.0261. The minimum atomic E-state index is -0.544. The molecule has 0 spiro atoms. The topological polar surface area (TPSA) is 85.4 Å².